The van der Waals surface area contributed by atoms with Crippen molar-refractivity contribution in [3.8, 4) is 0 Å². The van der Waals surface area contributed by atoms with Crippen molar-refractivity contribution < 1.29 is 0 Å². The highest BCUT2D eigenvalue weighted by atomic mass is 14.8. The average Bonchev–Trinajstić information content (AvgIpc) is 2.25. The fourth-order valence-electron chi connectivity index (χ4n) is 2.03. The Morgan fingerprint density at radius 1 is 1.24 bits per heavy atom. The summed E-state index contributed by atoms with van der Waals surface area (Å²) in [6.07, 6.45) is 1.94. The Hall–Kier alpha value is -1.24. The molecule has 0 unspecified atom stereocenters. The number of benzene rings is 1. The minimum atomic E-state index is 0.174. The van der Waals surface area contributed by atoms with Crippen LogP contribution in [0, 0.1) is 0 Å². The molecule has 0 aliphatic carbocycles. The summed E-state index contributed by atoms with van der Waals surface area (Å²) in [5.41, 5.74) is 5.32. The molecule has 94 valence electrons. The summed E-state index contributed by atoms with van der Waals surface area (Å²) >= 11 is 0. The van der Waals surface area contributed by atoms with Gasteiger partial charge in [0.1, 0.15) is 0 Å². The van der Waals surface area contributed by atoms with Gasteiger partial charge in [-0.25, -0.2) is 0 Å². The monoisotopic (exact) mass is 231 g/mol. The molecule has 1 aromatic carbocycles. The molecule has 1 heteroatoms. The molecule has 0 spiro atoms. The minimum absolute atomic E-state index is 0.174. The molecule has 0 saturated heterocycles. The minimum Gasteiger partial charge on any atom is -0.387 e. The van der Waals surface area contributed by atoms with E-state index in [0.29, 0.717) is 5.92 Å². The van der Waals surface area contributed by atoms with Crippen molar-refractivity contribution in [2.24, 2.45) is 0 Å². The van der Waals surface area contributed by atoms with Crippen LogP contribution >= 0.6 is 0 Å². The van der Waals surface area contributed by atoms with Gasteiger partial charge in [0.15, 0.2) is 0 Å². The van der Waals surface area contributed by atoms with Crippen LogP contribution in [0.15, 0.2) is 18.7 Å². The van der Waals surface area contributed by atoms with Gasteiger partial charge in [-0.1, -0.05) is 53.3 Å². The van der Waals surface area contributed by atoms with E-state index in [0.717, 1.165) is 0 Å². The van der Waals surface area contributed by atoms with E-state index in [9.17, 15) is 0 Å². The average molecular weight is 231 g/mol. The van der Waals surface area contributed by atoms with Gasteiger partial charge in [0.25, 0.3) is 0 Å². The largest absolute Gasteiger partial charge is 0.387 e. The Kier molecular flexibility index (Phi) is 4.03. The van der Waals surface area contributed by atoms with Gasteiger partial charge in [-0.3, -0.25) is 0 Å². The van der Waals surface area contributed by atoms with Crippen molar-refractivity contribution in [2.45, 2.75) is 46.0 Å². The summed E-state index contributed by atoms with van der Waals surface area (Å²) in [6.45, 7) is 15.1. The molecule has 0 radical (unpaired) electrons. The van der Waals surface area contributed by atoms with Crippen molar-refractivity contribution in [3.63, 3.8) is 0 Å². The van der Waals surface area contributed by atoms with Crippen molar-refractivity contribution in [3.05, 3.63) is 35.4 Å². The lowest BCUT2D eigenvalue weighted by Crippen LogP contribution is -2.13. The molecule has 0 aliphatic rings. The Morgan fingerprint density at radius 3 is 2.18 bits per heavy atom. The van der Waals surface area contributed by atoms with Crippen LogP contribution in [0.2, 0.25) is 0 Å². The van der Waals surface area contributed by atoms with E-state index in [1.807, 2.05) is 13.1 Å². The third kappa shape index (κ3) is 2.91. The van der Waals surface area contributed by atoms with Crippen molar-refractivity contribution in [1.82, 2.24) is 0 Å². The summed E-state index contributed by atoms with van der Waals surface area (Å²) in [6, 6.07) is 4.56. The lowest BCUT2D eigenvalue weighted by molar-refractivity contribution is 0.588. The molecule has 0 bridgehead atoms. The second-order valence-electron chi connectivity index (χ2n) is 5.89. The standard InChI is InChI=1S/C16H25N/c1-8-12-9-13(16(4,5)6)10-14(11(2)3)15(12)17-7/h8-11,17H,1H2,2-7H3. The Bertz CT molecular complexity index is 408. The zero-order valence-electron chi connectivity index (χ0n) is 12.0. The summed E-state index contributed by atoms with van der Waals surface area (Å²) in [5.74, 6) is 0.512. The molecular weight excluding hydrogens is 206 g/mol. The molecule has 0 fully saturated rings. The number of hydrogen-bond donors (Lipinski definition) is 1. The maximum absolute atomic E-state index is 3.92. The SMILES string of the molecule is C=Cc1cc(C(C)(C)C)cc(C(C)C)c1NC. The van der Waals surface area contributed by atoms with E-state index in [1.54, 1.807) is 0 Å². The van der Waals surface area contributed by atoms with Crippen LogP contribution < -0.4 is 5.32 Å². The van der Waals surface area contributed by atoms with Crippen molar-refractivity contribution in [1.29, 1.82) is 0 Å². The first kappa shape index (κ1) is 13.8. The van der Waals surface area contributed by atoms with Gasteiger partial charge in [-0.15, -0.1) is 0 Å². The predicted molar refractivity (Wildman–Crippen MR) is 78.9 cm³/mol. The molecular formula is C16H25N. The quantitative estimate of drug-likeness (QED) is 0.788. The van der Waals surface area contributed by atoms with Crippen LogP contribution in [-0.2, 0) is 5.41 Å². The number of rotatable bonds is 3. The Labute approximate surface area is 106 Å². The van der Waals surface area contributed by atoms with Crippen molar-refractivity contribution in [2.75, 3.05) is 12.4 Å². The van der Waals surface area contributed by atoms with E-state index >= 15 is 0 Å². The van der Waals surface area contributed by atoms with Gasteiger partial charge in [0, 0.05) is 12.7 Å². The lowest BCUT2D eigenvalue weighted by Gasteiger charge is -2.24. The first-order valence-corrected chi connectivity index (χ1v) is 6.29. The predicted octanol–water partition coefficient (Wildman–Crippen LogP) is 4.79. The van der Waals surface area contributed by atoms with Crippen LogP contribution in [-0.4, -0.2) is 7.05 Å². The van der Waals surface area contributed by atoms with Crippen LogP contribution in [0.4, 0.5) is 5.69 Å². The molecule has 17 heavy (non-hydrogen) atoms. The van der Waals surface area contributed by atoms with Gasteiger partial charge in [-0.2, -0.15) is 0 Å². The molecule has 0 atom stereocenters. The molecule has 1 aromatic rings. The van der Waals surface area contributed by atoms with E-state index in [4.69, 9.17) is 0 Å². The maximum atomic E-state index is 3.92. The molecule has 1 nitrogen and oxygen atoms in total. The summed E-state index contributed by atoms with van der Waals surface area (Å²) in [4.78, 5) is 0. The Balaban J connectivity index is 3.51. The summed E-state index contributed by atoms with van der Waals surface area (Å²) < 4.78 is 0. The molecule has 0 aliphatic heterocycles. The van der Waals surface area contributed by atoms with E-state index < -0.39 is 0 Å². The maximum Gasteiger partial charge on any atom is 0.0446 e. The highest BCUT2D eigenvalue weighted by Gasteiger charge is 2.18. The van der Waals surface area contributed by atoms with Crippen LogP contribution in [0.1, 0.15) is 57.2 Å². The van der Waals surface area contributed by atoms with Crippen LogP contribution in [0.5, 0.6) is 0 Å². The van der Waals surface area contributed by atoms with Gasteiger partial charge in [-0.05, 0) is 34.1 Å². The lowest BCUT2D eigenvalue weighted by atomic mass is 9.82. The normalized spacial score (nSPS) is 11.7. The summed E-state index contributed by atoms with van der Waals surface area (Å²) in [5, 5.41) is 3.30. The van der Waals surface area contributed by atoms with Gasteiger partial charge < -0.3 is 5.32 Å². The molecule has 0 amide bonds. The molecule has 0 heterocycles. The molecule has 1 N–H and O–H groups in total. The van der Waals surface area contributed by atoms with E-state index in [2.05, 4.69) is 58.6 Å². The molecule has 1 rings (SSSR count). The highest BCUT2D eigenvalue weighted by molar-refractivity contribution is 5.71. The second kappa shape index (κ2) is 4.95. The van der Waals surface area contributed by atoms with Crippen molar-refractivity contribution >= 4 is 11.8 Å². The third-order valence-electron chi connectivity index (χ3n) is 3.16. The number of nitrogens with one attached hydrogen (secondary N) is 1. The Morgan fingerprint density at radius 2 is 1.82 bits per heavy atom. The third-order valence-corrected chi connectivity index (χ3v) is 3.16. The van der Waals surface area contributed by atoms with Gasteiger partial charge in [0.05, 0.1) is 0 Å². The zero-order valence-corrected chi connectivity index (χ0v) is 12.0. The van der Waals surface area contributed by atoms with Gasteiger partial charge >= 0.3 is 0 Å². The first-order chi connectivity index (χ1) is 7.81. The summed E-state index contributed by atoms with van der Waals surface area (Å²) in [7, 11) is 1.98. The van der Waals surface area contributed by atoms with E-state index in [-0.39, 0.29) is 5.41 Å². The molecule has 0 aromatic heterocycles. The van der Waals surface area contributed by atoms with Gasteiger partial charge in [0.2, 0.25) is 0 Å². The number of anilines is 1. The molecule has 0 saturated carbocycles. The highest BCUT2D eigenvalue weighted by Crippen LogP contribution is 2.34. The fourth-order valence-corrected chi connectivity index (χ4v) is 2.03. The number of hydrogen-bond acceptors (Lipinski definition) is 1. The van der Waals surface area contributed by atoms with Crippen LogP contribution in [0.3, 0.4) is 0 Å². The first-order valence-electron chi connectivity index (χ1n) is 6.29. The van der Waals surface area contributed by atoms with Crippen LogP contribution in [0.25, 0.3) is 6.08 Å². The fraction of sp³-hybridized carbons (Fsp3) is 0.500. The smallest absolute Gasteiger partial charge is 0.0446 e. The second-order valence-corrected chi connectivity index (χ2v) is 5.89. The van der Waals surface area contributed by atoms with E-state index in [1.165, 1.54) is 22.4 Å². The topological polar surface area (TPSA) is 12.0 Å². The zero-order chi connectivity index (χ0) is 13.2.